The molecule has 7 nitrogen and oxygen atoms in total. The fraction of sp³-hybridized carbons (Fsp3) is 0.591. The van der Waals surface area contributed by atoms with E-state index in [9.17, 15) is 8.42 Å². The number of hydrogen-bond acceptors (Lipinski definition) is 4. The van der Waals surface area contributed by atoms with Crippen LogP contribution in [0.3, 0.4) is 0 Å². The van der Waals surface area contributed by atoms with Crippen molar-refractivity contribution >= 4 is 22.1 Å². The minimum atomic E-state index is -3.06. The molecule has 3 rings (SSSR count). The molecule has 0 aromatic heterocycles. The van der Waals surface area contributed by atoms with E-state index in [-0.39, 0.29) is 0 Å². The number of nitrogens with zero attached hydrogens (tertiary/aromatic N) is 4. The lowest BCUT2D eigenvalue weighted by Crippen LogP contribution is -2.53. The van der Waals surface area contributed by atoms with E-state index in [2.05, 4.69) is 56.5 Å². The molecule has 2 aliphatic heterocycles. The van der Waals surface area contributed by atoms with Gasteiger partial charge in [0.2, 0.25) is 10.0 Å². The highest BCUT2D eigenvalue weighted by atomic mass is 32.2. The minimum absolute atomic E-state index is 0.490. The van der Waals surface area contributed by atoms with Crippen molar-refractivity contribution in [3.05, 3.63) is 42.0 Å². The van der Waals surface area contributed by atoms with E-state index >= 15 is 0 Å². The summed E-state index contributed by atoms with van der Waals surface area (Å²) < 4.78 is 24.9. The molecule has 1 N–H and O–H groups in total. The molecule has 0 bridgehead atoms. The number of hydrogen-bond donors (Lipinski definition) is 1. The molecule has 1 aromatic carbocycles. The highest BCUT2D eigenvalue weighted by Gasteiger charge is 2.25. The van der Waals surface area contributed by atoms with Crippen molar-refractivity contribution in [3.8, 4) is 0 Å². The topological polar surface area (TPSA) is 68.2 Å². The van der Waals surface area contributed by atoms with E-state index < -0.39 is 10.0 Å². The van der Waals surface area contributed by atoms with E-state index in [1.165, 1.54) is 11.8 Å². The first-order valence-electron chi connectivity index (χ1n) is 10.8. The van der Waals surface area contributed by atoms with Gasteiger partial charge in [-0.15, -0.1) is 0 Å². The van der Waals surface area contributed by atoms with Gasteiger partial charge in [0.1, 0.15) is 0 Å². The van der Waals surface area contributed by atoms with Crippen LogP contribution in [-0.2, 0) is 10.0 Å². The van der Waals surface area contributed by atoms with Gasteiger partial charge in [0, 0.05) is 59.4 Å². The highest BCUT2D eigenvalue weighted by molar-refractivity contribution is 7.88. The Morgan fingerprint density at radius 2 is 1.77 bits per heavy atom. The lowest BCUT2D eigenvalue weighted by molar-refractivity contribution is 0.193. The second-order valence-corrected chi connectivity index (χ2v) is 10.1. The van der Waals surface area contributed by atoms with Crippen LogP contribution in [0.4, 0.5) is 0 Å². The molecular formula is C22H35N5O2S. The Morgan fingerprint density at radius 1 is 1.10 bits per heavy atom. The summed E-state index contributed by atoms with van der Waals surface area (Å²) in [7, 11) is -1.22. The quantitative estimate of drug-likeness (QED) is 0.545. The van der Waals surface area contributed by atoms with Crippen LogP contribution in [0.15, 0.2) is 41.4 Å². The molecule has 0 spiro atoms. The Morgan fingerprint density at radius 3 is 2.37 bits per heavy atom. The van der Waals surface area contributed by atoms with Gasteiger partial charge in [-0.2, -0.15) is 0 Å². The van der Waals surface area contributed by atoms with E-state index in [0.29, 0.717) is 19.0 Å². The third-order valence-corrected chi connectivity index (χ3v) is 7.25. The number of guanidine groups is 1. The van der Waals surface area contributed by atoms with E-state index in [0.717, 1.165) is 58.1 Å². The van der Waals surface area contributed by atoms with Crippen molar-refractivity contribution in [3.63, 3.8) is 0 Å². The molecule has 0 saturated carbocycles. The van der Waals surface area contributed by atoms with Crippen molar-refractivity contribution in [2.75, 3.05) is 65.7 Å². The van der Waals surface area contributed by atoms with Crippen molar-refractivity contribution in [2.45, 2.75) is 12.8 Å². The fourth-order valence-corrected chi connectivity index (χ4v) is 4.93. The van der Waals surface area contributed by atoms with Gasteiger partial charge in [0.25, 0.3) is 0 Å². The number of benzene rings is 1. The molecular weight excluding hydrogens is 398 g/mol. The van der Waals surface area contributed by atoms with Crippen LogP contribution in [0, 0.1) is 5.92 Å². The van der Waals surface area contributed by atoms with E-state index in [1.807, 2.05) is 13.1 Å². The maximum atomic E-state index is 11.7. The second kappa shape index (κ2) is 10.9. The van der Waals surface area contributed by atoms with Gasteiger partial charge in [0.05, 0.1) is 6.26 Å². The predicted molar refractivity (Wildman–Crippen MR) is 124 cm³/mol. The van der Waals surface area contributed by atoms with Gasteiger partial charge in [0.15, 0.2) is 5.96 Å². The molecule has 30 heavy (non-hydrogen) atoms. The lowest BCUT2D eigenvalue weighted by atomic mass is 9.98. The lowest BCUT2D eigenvalue weighted by Gasteiger charge is -2.37. The molecule has 0 amide bonds. The second-order valence-electron chi connectivity index (χ2n) is 8.13. The van der Waals surface area contributed by atoms with Crippen LogP contribution in [0.1, 0.15) is 18.4 Å². The minimum Gasteiger partial charge on any atom is -0.356 e. The third kappa shape index (κ3) is 6.82. The van der Waals surface area contributed by atoms with Crippen molar-refractivity contribution in [1.29, 1.82) is 0 Å². The van der Waals surface area contributed by atoms with Gasteiger partial charge in [-0.05, 0) is 24.3 Å². The summed E-state index contributed by atoms with van der Waals surface area (Å²) in [5, 5.41) is 3.52. The maximum Gasteiger partial charge on any atom is 0.211 e. The first-order valence-corrected chi connectivity index (χ1v) is 12.6. The zero-order valence-corrected chi connectivity index (χ0v) is 19.0. The van der Waals surface area contributed by atoms with Gasteiger partial charge >= 0.3 is 0 Å². The Kier molecular flexibility index (Phi) is 8.30. The van der Waals surface area contributed by atoms with Gasteiger partial charge in [-0.25, -0.2) is 12.7 Å². The molecule has 0 atom stereocenters. The molecule has 0 radical (unpaired) electrons. The first kappa shape index (κ1) is 22.8. The number of piperazine rings is 1. The summed E-state index contributed by atoms with van der Waals surface area (Å²) in [6.07, 6.45) is 7.52. The average Bonchev–Trinajstić information content (AvgIpc) is 2.76. The van der Waals surface area contributed by atoms with E-state index in [4.69, 9.17) is 0 Å². The molecule has 2 aliphatic rings. The SMILES string of the molecule is CN=C(NCC1CCN(S(C)(=O)=O)CC1)N1CCN(C/C=C/c2ccccc2)CC1. The zero-order valence-electron chi connectivity index (χ0n) is 18.2. The number of sulfonamides is 1. The maximum absolute atomic E-state index is 11.7. The molecule has 2 fully saturated rings. The summed E-state index contributed by atoms with van der Waals surface area (Å²) in [5.74, 6) is 1.45. The van der Waals surface area contributed by atoms with Crippen LogP contribution in [-0.4, -0.2) is 94.1 Å². The Hall–Kier alpha value is -1.90. The Balaban J connectivity index is 1.37. The monoisotopic (exact) mass is 433 g/mol. The standard InChI is InChI=1S/C22H35N5O2S/c1-23-22(24-19-21-10-13-27(14-11-21)30(2,28)29)26-17-15-25(16-18-26)12-6-9-20-7-4-3-5-8-20/h3-9,21H,10-19H2,1-2H3,(H,23,24)/b9-6+. The van der Waals surface area contributed by atoms with E-state index in [1.54, 1.807) is 4.31 Å². The fourth-order valence-electron chi connectivity index (χ4n) is 4.06. The third-order valence-electron chi connectivity index (χ3n) is 5.95. The summed E-state index contributed by atoms with van der Waals surface area (Å²) in [6.45, 7) is 7.03. The van der Waals surface area contributed by atoms with Crippen LogP contribution in [0.2, 0.25) is 0 Å². The number of piperidine rings is 1. The number of aliphatic imine (C=N–C) groups is 1. The summed E-state index contributed by atoms with van der Waals surface area (Å²) in [4.78, 5) is 9.25. The molecule has 2 heterocycles. The molecule has 166 valence electrons. The Labute approximate surface area is 181 Å². The highest BCUT2D eigenvalue weighted by Crippen LogP contribution is 2.18. The summed E-state index contributed by atoms with van der Waals surface area (Å²) >= 11 is 0. The molecule has 2 saturated heterocycles. The number of rotatable bonds is 6. The zero-order chi connectivity index (χ0) is 21.4. The molecule has 0 unspecified atom stereocenters. The Bertz CT molecular complexity index is 809. The first-order chi connectivity index (χ1) is 14.5. The normalized spacial score (nSPS) is 20.7. The molecule has 0 aliphatic carbocycles. The van der Waals surface area contributed by atoms with Crippen LogP contribution >= 0.6 is 0 Å². The van der Waals surface area contributed by atoms with Crippen molar-refractivity contribution in [1.82, 2.24) is 19.4 Å². The largest absolute Gasteiger partial charge is 0.356 e. The van der Waals surface area contributed by atoms with Gasteiger partial charge in [-0.3, -0.25) is 9.89 Å². The van der Waals surface area contributed by atoms with Gasteiger partial charge in [-0.1, -0.05) is 42.5 Å². The van der Waals surface area contributed by atoms with Crippen molar-refractivity contribution < 1.29 is 8.42 Å². The van der Waals surface area contributed by atoms with Crippen LogP contribution in [0.25, 0.3) is 6.08 Å². The van der Waals surface area contributed by atoms with Crippen LogP contribution < -0.4 is 5.32 Å². The number of nitrogens with one attached hydrogen (secondary N) is 1. The summed E-state index contributed by atoms with van der Waals surface area (Å²) in [6, 6.07) is 10.4. The summed E-state index contributed by atoms with van der Waals surface area (Å²) in [5.41, 5.74) is 1.24. The molecule has 8 heteroatoms. The smallest absolute Gasteiger partial charge is 0.211 e. The molecule has 1 aromatic rings. The van der Waals surface area contributed by atoms with Gasteiger partial charge < -0.3 is 10.2 Å². The van der Waals surface area contributed by atoms with Crippen LogP contribution in [0.5, 0.6) is 0 Å². The van der Waals surface area contributed by atoms with Crippen molar-refractivity contribution in [2.24, 2.45) is 10.9 Å². The average molecular weight is 434 g/mol. The predicted octanol–water partition coefficient (Wildman–Crippen LogP) is 1.56.